The summed E-state index contributed by atoms with van der Waals surface area (Å²) < 4.78 is 0. The van der Waals surface area contributed by atoms with Gasteiger partial charge in [0.05, 0.1) is 11.4 Å². The molecule has 0 saturated carbocycles. The number of anilines is 3. The number of benzene rings is 1. The van der Waals surface area contributed by atoms with E-state index in [1.807, 2.05) is 18.2 Å². The van der Waals surface area contributed by atoms with Crippen LogP contribution in [0.5, 0.6) is 0 Å². The molecule has 0 saturated heterocycles. The lowest BCUT2D eigenvalue weighted by Gasteiger charge is -2.21. The van der Waals surface area contributed by atoms with Crippen molar-refractivity contribution in [2.45, 2.75) is 96.8 Å². The fourth-order valence-electron chi connectivity index (χ4n) is 3.64. The summed E-state index contributed by atoms with van der Waals surface area (Å²) in [6, 6.07) is 5.78. The van der Waals surface area contributed by atoms with Gasteiger partial charge in [-0.15, -0.1) is 0 Å². The first-order valence-electron chi connectivity index (χ1n) is 11.7. The van der Waals surface area contributed by atoms with Gasteiger partial charge in [0.2, 0.25) is 0 Å². The van der Waals surface area contributed by atoms with Crippen molar-refractivity contribution in [2.75, 3.05) is 30.0 Å². The first kappa shape index (κ1) is 24.4. The number of nitrogens with zero attached hydrogens (tertiary/aromatic N) is 1. The molecule has 0 aliphatic heterocycles. The summed E-state index contributed by atoms with van der Waals surface area (Å²) in [7, 11) is 2.11. The van der Waals surface area contributed by atoms with Gasteiger partial charge in [0.1, 0.15) is 0 Å². The molecule has 0 atom stereocenters. The molecule has 0 spiro atoms. The maximum absolute atomic E-state index is 6.06. The molecule has 0 bridgehead atoms. The molecule has 0 unspecified atom stereocenters. The Morgan fingerprint density at radius 1 is 0.750 bits per heavy atom. The minimum atomic E-state index is 0.729. The summed E-state index contributed by atoms with van der Waals surface area (Å²) in [5.74, 6) is 0. The molecule has 0 radical (unpaired) electrons. The highest BCUT2D eigenvalue weighted by Gasteiger charge is 2.05. The topological polar surface area (TPSA) is 55.3 Å². The molecular weight excluding hydrogens is 342 g/mol. The third-order valence-corrected chi connectivity index (χ3v) is 5.47. The predicted molar refractivity (Wildman–Crippen MR) is 128 cm³/mol. The standard InChI is InChI=1S/C25H45N3/c1-3-4-5-6-7-8-9-10-11-12-13-14-15-16-17-18-21-28(2)25-20-19-23(26)22-24(25)27/h10-11,19-20,22H,3-9,12-18,21,26-27H2,1-2H3/b11-10+. The summed E-state index contributed by atoms with van der Waals surface area (Å²) >= 11 is 0. The van der Waals surface area contributed by atoms with E-state index in [-0.39, 0.29) is 0 Å². The number of rotatable bonds is 17. The van der Waals surface area contributed by atoms with Crippen LogP contribution in [0.25, 0.3) is 0 Å². The van der Waals surface area contributed by atoms with Gasteiger partial charge in [-0.3, -0.25) is 0 Å². The molecule has 1 rings (SSSR count). The summed E-state index contributed by atoms with van der Waals surface area (Å²) in [5.41, 5.74) is 14.4. The summed E-state index contributed by atoms with van der Waals surface area (Å²) in [6.07, 6.45) is 23.6. The highest BCUT2D eigenvalue weighted by molar-refractivity contribution is 5.71. The van der Waals surface area contributed by atoms with Crippen LogP contribution < -0.4 is 16.4 Å². The van der Waals surface area contributed by atoms with Gasteiger partial charge in [0.25, 0.3) is 0 Å². The maximum Gasteiger partial charge on any atom is 0.0598 e. The first-order valence-corrected chi connectivity index (χ1v) is 11.7. The SMILES string of the molecule is CCCCCCCC/C=C/CCCCCCCCN(C)c1ccc(N)cc1N. The van der Waals surface area contributed by atoms with Gasteiger partial charge in [-0.05, 0) is 50.3 Å². The molecule has 28 heavy (non-hydrogen) atoms. The largest absolute Gasteiger partial charge is 0.399 e. The highest BCUT2D eigenvalue weighted by Crippen LogP contribution is 2.24. The van der Waals surface area contributed by atoms with Gasteiger partial charge in [-0.25, -0.2) is 0 Å². The van der Waals surface area contributed by atoms with Crippen LogP contribution in [0.3, 0.4) is 0 Å². The van der Waals surface area contributed by atoms with E-state index >= 15 is 0 Å². The Hall–Kier alpha value is -1.64. The van der Waals surface area contributed by atoms with E-state index in [9.17, 15) is 0 Å². The summed E-state index contributed by atoms with van der Waals surface area (Å²) in [6.45, 7) is 3.33. The van der Waals surface area contributed by atoms with Gasteiger partial charge in [0, 0.05) is 19.3 Å². The van der Waals surface area contributed by atoms with Gasteiger partial charge < -0.3 is 16.4 Å². The monoisotopic (exact) mass is 387 g/mol. The van der Waals surface area contributed by atoms with Gasteiger partial charge in [-0.2, -0.15) is 0 Å². The van der Waals surface area contributed by atoms with Crippen molar-refractivity contribution in [1.82, 2.24) is 0 Å². The van der Waals surface area contributed by atoms with Gasteiger partial charge in [0.15, 0.2) is 0 Å². The van der Waals surface area contributed by atoms with Crippen molar-refractivity contribution in [3.05, 3.63) is 30.4 Å². The molecule has 0 aliphatic carbocycles. The third-order valence-electron chi connectivity index (χ3n) is 5.47. The Balaban J connectivity index is 1.90. The molecule has 0 aliphatic rings. The molecule has 1 aromatic carbocycles. The average Bonchev–Trinajstić information content (AvgIpc) is 2.67. The zero-order chi connectivity index (χ0) is 20.5. The fraction of sp³-hybridized carbons (Fsp3) is 0.680. The predicted octanol–water partition coefficient (Wildman–Crippen LogP) is 7.32. The van der Waals surface area contributed by atoms with Crippen molar-refractivity contribution in [3.63, 3.8) is 0 Å². The number of unbranched alkanes of at least 4 members (excludes halogenated alkanes) is 12. The summed E-state index contributed by atoms with van der Waals surface area (Å²) in [5, 5.41) is 0. The molecule has 3 nitrogen and oxygen atoms in total. The van der Waals surface area contributed by atoms with E-state index in [2.05, 4.69) is 31.0 Å². The van der Waals surface area contributed by atoms with E-state index in [0.717, 1.165) is 23.6 Å². The number of nitrogen functional groups attached to an aromatic ring is 2. The van der Waals surface area contributed by atoms with E-state index in [1.165, 1.54) is 89.9 Å². The normalized spacial score (nSPS) is 11.4. The van der Waals surface area contributed by atoms with Crippen molar-refractivity contribution in [3.8, 4) is 0 Å². The van der Waals surface area contributed by atoms with Crippen LogP contribution in [-0.4, -0.2) is 13.6 Å². The van der Waals surface area contributed by atoms with Crippen molar-refractivity contribution in [1.29, 1.82) is 0 Å². The van der Waals surface area contributed by atoms with Gasteiger partial charge >= 0.3 is 0 Å². The van der Waals surface area contributed by atoms with E-state index < -0.39 is 0 Å². The molecule has 3 heteroatoms. The quantitative estimate of drug-likeness (QED) is 0.167. The van der Waals surface area contributed by atoms with Crippen molar-refractivity contribution < 1.29 is 0 Å². The second kappa shape index (κ2) is 16.3. The highest BCUT2D eigenvalue weighted by atomic mass is 15.1. The minimum absolute atomic E-state index is 0.729. The van der Waals surface area contributed by atoms with Crippen LogP contribution >= 0.6 is 0 Å². The van der Waals surface area contributed by atoms with E-state index in [0.29, 0.717) is 0 Å². The second-order valence-corrected chi connectivity index (χ2v) is 8.18. The summed E-state index contributed by atoms with van der Waals surface area (Å²) in [4.78, 5) is 2.24. The Morgan fingerprint density at radius 3 is 1.86 bits per heavy atom. The van der Waals surface area contributed by atoms with Gasteiger partial charge in [-0.1, -0.05) is 76.9 Å². The number of nitrogens with two attached hydrogens (primary N) is 2. The van der Waals surface area contributed by atoms with Crippen LogP contribution in [0, 0.1) is 0 Å². The number of allylic oxidation sites excluding steroid dienone is 2. The average molecular weight is 388 g/mol. The van der Waals surface area contributed by atoms with Crippen LogP contribution in [0.2, 0.25) is 0 Å². The molecular formula is C25H45N3. The molecule has 0 aromatic heterocycles. The van der Waals surface area contributed by atoms with Crippen LogP contribution in [0.4, 0.5) is 17.1 Å². The zero-order valence-corrected chi connectivity index (χ0v) is 18.6. The first-order chi connectivity index (χ1) is 13.6. The molecule has 0 heterocycles. The molecule has 1 aromatic rings. The Kier molecular flexibility index (Phi) is 14.2. The molecule has 4 N–H and O–H groups in total. The minimum Gasteiger partial charge on any atom is -0.399 e. The van der Waals surface area contributed by atoms with Crippen LogP contribution in [-0.2, 0) is 0 Å². The third kappa shape index (κ3) is 11.9. The Labute approximate surface area is 174 Å². The molecule has 0 amide bonds. The molecule has 160 valence electrons. The lowest BCUT2D eigenvalue weighted by atomic mass is 10.1. The van der Waals surface area contributed by atoms with E-state index in [4.69, 9.17) is 11.5 Å². The van der Waals surface area contributed by atoms with Crippen molar-refractivity contribution >= 4 is 17.1 Å². The Morgan fingerprint density at radius 2 is 1.29 bits per heavy atom. The lowest BCUT2D eigenvalue weighted by molar-refractivity contribution is 0.595. The van der Waals surface area contributed by atoms with E-state index in [1.54, 1.807) is 0 Å². The van der Waals surface area contributed by atoms with Crippen molar-refractivity contribution in [2.24, 2.45) is 0 Å². The Bertz CT molecular complexity index is 525. The number of hydrogen-bond acceptors (Lipinski definition) is 3. The maximum atomic E-state index is 6.06. The second-order valence-electron chi connectivity index (χ2n) is 8.18. The lowest BCUT2D eigenvalue weighted by Crippen LogP contribution is -2.19. The van der Waals surface area contributed by atoms with Crippen LogP contribution in [0.15, 0.2) is 30.4 Å². The fourth-order valence-corrected chi connectivity index (χ4v) is 3.64. The number of hydrogen-bond donors (Lipinski definition) is 2. The smallest absolute Gasteiger partial charge is 0.0598 e. The molecule has 0 fully saturated rings. The van der Waals surface area contributed by atoms with Crippen LogP contribution in [0.1, 0.15) is 96.8 Å². The zero-order valence-electron chi connectivity index (χ0n) is 18.6.